The molecule has 7 nitrogen and oxygen atoms in total. The fourth-order valence-electron chi connectivity index (χ4n) is 0.806. The third-order valence-electron chi connectivity index (χ3n) is 1.39. The lowest BCUT2D eigenvalue weighted by Crippen LogP contribution is -1.99. The minimum Gasteiger partial charge on any atom is -0.464 e. The van der Waals surface area contributed by atoms with Gasteiger partial charge in [-0.25, -0.2) is 0 Å². The van der Waals surface area contributed by atoms with Crippen molar-refractivity contribution in [1.82, 2.24) is 29.9 Å². The summed E-state index contributed by atoms with van der Waals surface area (Å²) in [7, 11) is 0. The average molecular weight is 411 g/mol. The summed E-state index contributed by atoms with van der Waals surface area (Å²) in [5.41, 5.74) is 0. The van der Waals surface area contributed by atoms with Crippen LogP contribution in [0.1, 0.15) is 21.8 Å². The van der Waals surface area contributed by atoms with Crippen molar-refractivity contribution in [3.05, 3.63) is 26.4 Å². The number of nitrogens with zero attached hydrogens (tertiary/aromatic N) is 6. The minimum atomic E-state index is 0. The molecular formula is C10H13Cl5N6O. The maximum Gasteiger partial charge on any atom is 0.322 e. The van der Waals surface area contributed by atoms with E-state index in [0.29, 0.717) is 6.61 Å². The number of rotatable bonds is 2. The van der Waals surface area contributed by atoms with Crippen molar-refractivity contribution >= 4 is 58.0 Å². The predicted octanol–water partition coefficient (Wildman–Crippen LogP) is 4.68. The first kappa shape index (κ1) is 23.5. The van der Waals surface area contributed by atoms with Gasteiger partial charge in [-0.15, -0.1) is 0 Å². The van der Waals surface area contributed by atoms with Gasteiger partial charge in [0.15, 0.2) is 0 Å². The Morgan fingerprint density at radius 2 is 0.909 bits per heavy atom. The molecule has 2 aromatic heterocycles. The molecule has 0 bridgehead atoms. The molecule has 0 unspecified atom stereocenters. The molecule has 124 valence electrons. The van der Waals surface area contributed by atoms with Crippen LogP contribution in [-0.4, -0.2) is 36.5 Å². The molecule has 0 saturated heterocycles. The highest BCUT2D eigenvalue weighted by Gasteiger charge is 2.01. The molecule has 2 aromatic rings. The summed E-state index contributed by atoms with van der Waals surface area (Å²) in [6.07, 6.45) is 0. The fraction of sp³-hybridized carbons (Fsp3) is 0.400. The van der Waals surface area contributed by atoms with Crippen LogP contribution in [-0.2, 0) is 0 Å². The Labute approximate surface area is 153 Å². The van der Waals surface area contributed by atoms with Crippen LogP contribution < -0.4 is 4.74 Å². The zero-order valence-electron chi connectivity index (χ0n) is 9.69. The van der Waals surface area contributed by atoms with Crippen molar-refractivity contribution in [1.29, 1.82) is 0 Å². The normalized spacial score (nSPS) is 8.82. The zero-order chi connectivity index (χ0) is 15.1. The van der Waals surface area contributed by atoms with Gasteiger partial charge < -0.3 is 4.74 Å². The van der Waals surface area contributed by atoms with E-state index in [1.54, 1.807) is 0 Å². The lowest BCUT2D eigenvalue weighted by molar-refractivity contribution is 0.311. The molecule has 0 N–H and O–H groups in total. The molecular weight excluding hydrogens is 397 g/mol. The molecule has 2 heterocycles. The number of aromatic nitrogens is 6. The van der Waals surface area contributed by atoms with Gasteiger partial charge in [-0.3, -0.25) is 0 Å². The number of hydrogen-bond acceptors (Lipinski definition) is 7. The molecule has 0 spiro atoms. The molecule has 0 aliphatic heterocycles. The SMILES string of the molecule is C.C.CCOc1nc(Cl)nc(Cl)n1.Clc1nc(Cl)nc(Cl)n1. The zero-order valence-corrected chi connectivity index (χ0v) is 13.5. The molecule has 0 saturated carbocycles. The molecule has 0 aliphatic carbocycles. The topological polar surface area (TPSA) is 86.6 Å². The lowest BCUT2D eigenvalue weighted by atomic mass is 10.9. The van der Waals surface area contributed by atoms with Crippen LogP contribution in [0.15, 0.2) is 0 Å². The van der Waals surface area contributed by atoms with Crippen LogP contribution in [0.2, 0.25) is 26.4 Å². The summed E-state index contributed by atoms with van der Waals surface area (Å²) >= 11 is 26.9. The molecule has 0 atom stereocenters. The van der Waals surface area contributed by atoms with Crippen LogP contribution in [0.25, 0.3) is 0 Å². The molecule has 2 rings (SSSR count). The van der Waals surface area contributed by atoms with E-state index in [1.807, 2.05) is 6.92 Å². The Morgan fingerprint density at radius 1 is 0.636 bits per heavy atom. The molecule has 12 heteroatoms. The van der Waals surface area contributed by atoms with E-state index in [2.05, 4.69) is 29.9 Å². The van der Waals surface area contributed by atoms with Gasteiger partial charge in [0.05, 0.1) is 6.61 Å². The molecule has 0 aliphatic rings. The average Bonchev–Trinajstić information content (AvgIpc) is 2.26. The van der Waals surface area contributed by atoms with Crippen LogP contribution >= 0.6 is 58.0 Å². The molecule has 0 amide bonds. The van der Waals surface area contributed by atoms with Gasteiger partial charge in [-0.2, -0.15) is 29.9 Å². The second-order valence-electron chi connectivity index (χ2n) is 2.73. The maximum atomic E-state index is 5.46. The van der Waals surface area contributed by atoms with Crippen molar-refractivity contribution in [2.45, 2.75) is 21.8 Å². The summed E-state index contributed by atoms with van der Waals surface area (Å²) in [5.74, 6) is 0. The Balaban J connectivity index is 0. The highest BCUT2D eigenvalue weighted by Crippen LogP contribution is 2.10. The van der Waals surface area contributed by atoms with Crippen LogP contribution in [0.3, 0.4) is 0 Å². The molecule has 22 heavy (non-hydrogen) atoms. The second kappa shape index (κ2) is 11.8. The van der Waals surface area contributed by atoms with Gasteiger partial charge >= 0.3 is 6.01 Å². The highest BCUT2D eigenvalue weighted by molar-refractivity contribution is 6.33. The number of ether oxygens (including phenoxy) is 1. The number of hydrogen-bond donors (Lipinski definition) is 0. The van der Waals surface area contributed by atoms with Gasteiger partial charge in [0.1, 0.15) is 0 Å². The first-order chi connectivity index (χ1) is 9.40. The molecule has 0 fully saturated rings. The van der Waals surface area contributed by atoms with E-state index in [-0.39, 0.29) is 47.3 Å². The number of halogens is 5. The Hall–Kier alpha value is -0.730. The van der Waals surface area contributed by atoms with Crippen molar-refractivity contribution < 1.29 is 4.74 Å². The smallest absolute Gasteiger partial charge is 0.322 e. The first-order valence-corrected chi connectivity index (χ1v) is 6.72. The third-order valence-corrected chi connectivity index (χ3v) is 2.23. The lowest BCUT2D eigenvalue weighted by Gasteiger charge is -1.99. The minimum absolute atomic E-state index is 0. The summed E-state index contributed by atoms with van der Waals surface area (Å²) in [4.78, 5) is 21.2. The largest absolute Gasteiger partial charge is 0.464 e. The summed E-state index contributed by atoms with van der Waals surface area (Å²) in [6.45, 7) is 2.28. The van der Waals surface area contributed by atoms with E-state index in [0.717, 1.165) is 0 Å². The summed E-state index contributed by atoms with van der Waals surface area (Å²) in [5, 5.41) is 0.0712. The van der Waals surface area contributed by atoms with E-state index < -0.39 is 0 Å². The van der Waals surface area contributed by atoms with Crippen molar-refractivity contribution in [2.24, 2.45) is 0 Å². The van der Waals surface area contributed by atoms with Gasteiger partial charge in [-0.05, 0) is 64.9 Å². The third kappa shape index (κ3) is 9.32. The van der Waals surface area contributed by atoms with Gasteiger partial charge in [0.25, 0.3) is 0 Å². The maximum absolute atomic E-state index is 5.46. The standard InChI is InChI=1S/C5H5Cl2N3O.C3Cl3N3.2CH4/c1-2-11-5-9-3(6)8-4(7)10-5;4-1-7-2(5)9-3(6)8-1;;/h2H2,1H3;;2*1H4. The van der Waals surface area contributed by atoms with E-state index in [1.165, 1.54) is 0 Å². The van der Waals surface area contributed by atoms with Gasteiger partial charge in [0.2, 0.25) is 26.4 Å². The quantitative estimate of drug-likeness (QED) is 0.710. The van der Waals surface area contributed by atoms with Crippen molar-refractivity contribution in [3.63, 3.8) is 0 Å². The molecule has 0 aromatic carbocycles. The summed E-state index contributed by atoms with van der Waals surface area (Å²) < 4.78 is 4.94. The predicted molar refractivity (Wildman–Crippen MR) is 89.3 cm³/mol. The monoisotopic (exact) mass is 408 g/mol. The Morgan fingerprint density at radius 3 is 1.18 bits per heavy atom. The fourth-order valence-corrected chi connectivity index (χ4v) is 1.76. The van der Waals surface area contributed by atoms with Gasteiger partial charge in [-0.1, -0.05) is 14.9 Å². The van der Waals surface area contributed by atoms with Crippen LogP contribution in [0, 0.1) is 0 Å². The Kier molecular flexibility index (Phi) is 12.6. The van der Waals surface area contributed by atoms with E-state index in [9.17, 15) is 0 Å². The highest BCUT2D eigenvalue weighted by atomic mass is 35.5. The van der Waals surface area contributed by atoms with Crippen LogP contribution in [0.4, 0.5) is 0 Å². The molecule has 0 radical (unpaired) electrons. The van der Waals surface area contributed by atoms with Crippen molar-refractivity contribution in [2.75, 3.05) is 6.61 Å². The first-order valence-electron chi connectivity index (χ1n) is 4.83. The Bertz CT molecular complexity index is 517. The van der Waals surface area contributed by atoms with E-state index in [4.69, 9.17) is 62.7 Å². The van der Waals surface area contributed by atoms with Crippen molar-refractivity contribution in [3.8, 4) is 6.01 Å². The summed E-state index contributed by atoms with van der Waals surface area (Å²) in [6, 6.07) is 0.150. The van der Waals surface area contributed by atoms with Gasteiger partial charge in [0, 0.05) is 0 Å². The second-order valence-corrected chi connectivity index (χ2v) is 4.42. The van der Waals surface area contributed by atoms with E-state index >= 15 is 0 Å². The van der Waals surface area contributed by atoms with Crippen LogP contribution in [0.5, 0.6) is 6.01 Å².